The molecule has 1 aromatic heterocycles. The molecule has 17 heavy (non-hydrogen) atoms. The van der Waals surface area contributed by atoms with Crippen molar-refractivity contribution >= 4 is 11.7 Å². The maximum atomic E-state index is 11.0. The third-order valence-corrected chi connectivity index (χ3v) is 3.01. The molecule has 1 unspecified atom stereocenters. The standard InChI is InChI=1S/C13H16N2O2/c16-13(17)11-9-14-7-6-12(11)15-8-10-4-2-1-3-5-10/h1-2,6-7,9-10H,3-5,8H2,(H,14,15)(H,16,17). The molecule has 0 aliphatic heterocycles. The molecule has 0 saturated heterocycles. The Morgan fingerprint density at radius 3 is 3.12 bits per heavy atom. The third kappa shape index (κ3) is 3.06. The van der Waals surface area contributed by atoms with Crippen LogP contribution in [0.1, 0.15) is 29.6 Å². The average Bonchev–Trinajstić information content (AvgIpc) is 2.38. The second kappa shape index (κ2) is 5.48. The largest absolute Gasteiger partial charge is 0.478 e. The van der Waals surface area contributed by atoms with E-state index >= 15 is 0 Å². The van der Waals surface area contributed by atoms with Gasteiger partial charge in [-0.05, 0) is 31.2 Å². The van der Waals surface area contributed by atoms with Gasteiger partial charge in [0.05, 0.1) is 5.69 Å². The van der Waals surface area contributed by atoms with Crippen molar-refractivity contribution in [2.45, 2.75) is 19.3 Å². The molecule has 90 valence electrons. The van der Waals surface area contributed by atoms with Gasteiger partial charge in [0, 0.05) is 18.9 Å². The van der Waals surface area contributed by atoms with Crippen molar-refractivity contribution in [1.29, 1.82) is 0 Å². The highest BCUT2D eigenvalue weighted by atomic mass is 16.4. The summed E-state index contributed by atoms with van der Waals surface area (Å²) in [5.41, 5.74) is 0.890. The molecule has 0 aromatic carbocycles. The summed E-state index contributed by atoms with van der Waals surface area (Å²) in [7, 11) is 0. The number of rotatable bonds is 4. The van der Waals surface area contributed by atoms with Crippen molar-refractivity contribution in [3.8, 4) is 0 Å². The van der Waals surface area contributed by atoms with E-state index in [-0.39, 0.29) is 5.56 Å². The Morgan fingerprint density at radius 1 is 1.53 bits per heavy atom. The number of aromatic nitrogens is 1. The topological polar surface area (TPSA) is 62.2 Å². The summed E-state index contributed by atoms with van der Waals surface area (Å²) in [6, 6.07) is 1.71. The van der Waals surface area contributed by atoms with Gasteiger partial charge in [-0.3, -0.25) is 4.98 Å². The number of aromatic carboxylic acids is 1. The highest BCUT2D eigenvalue weighted by Gasteiger charge is 2.13. The van der Waals surface area contributed by atoms with Gasteiger partial charge in [-0.1, -0.05) is 12.2 Å². The minimum Gasteiger partial charge on any atom is -0.478 e. The molecule has 0 saturated carbocycles. The van der Waals surface area contributed by atoms with E-state index < -0.39 is 5.97 Å². The summed E-state index contributed by atoms with van der Waals surface area (Å²) in [5, 5.41) is 12.2. The molecular weight excluding hydrogens is 216 g/mol. The Labute approximate surface area is 100 Å². The lowest BCUT2D eigenvalue weighted by Crippen LogP contribution is -2.17. The Hall–Kier alpha value is -1.84. The molecule has 2 N–H and O–H groups in total. The lowest BCUT2D eigenvalue weighted by Gasteiger charge is -2.19. The van der Waals surface area contributed by atoms with Gasteiger partial charge in [-0.2, -0.15) is 0 Å². The summed E-state index contributed by atoms with van der Waals surface area (Å²) in [4.78, 5) is 14.8. The number of pyridine rings is 1. The summed E-state index contributed by atoms with van der Waals surface area (Å²) in [6.07, 6.45) is 10.7. The molecular formula is C13H16N2O2. The highest BCUT2D eigenvalue weighted by molar-refractivity contribution is 5.93. The summed E-state index contributed by atoms with van der Waals surface area (Å²) in [6.45, 7) is 0.814. The first-order chi connectivity index (χ1) is 8.27. The number of carboxylic acid groups (broad SMARTS) is 1. The second-order valence-electron chi connectivity index (χ2n) is 4.26. The Kier molecular flexibility index (Phi) is 3.75. The summed E-state index contributed by atoms with van der Waals surface area (Å²) < 4.78 is 0. The van der Waals surface area contributed by atoms with Crippen LogP contribution in [0.4, 0.5) is 5.69 Å². The van der Waals surface area contributed by atoms with E-state index in [1.165, 1.54) is 6.20 Å². The fraction of sp³-hybridized carbons (Fsp3) is 0.385. The molecule has 1 heterocycles. The predicted molar refractivity (Wildman–Crippen MR) is 66.2 cm³/mol. The number of hydrogen-bond donors (Lipinski definition) is 2. The quantitative estimate of drug-likeness (QED) is 0.783. The van der Waals surface area contributed by atoms with Crippen molar-refractivity contribution in [2.75, 3.05) is 11.9 Å². The number of nitrogens with one attached hydrogen (secondary N) is 1. The first-order valence-corrected chi connectivity index (χ1v) is 5.83. The molecule has 4 nitrogen and oxygen atoms in total. The third-order valence-electron chi connectivity index (χ3n) is 3.01. The number of hydrogen-bond acceptors (Lipinski definition) is 3. The molecule has 0 radical (unpaired) electrons. The van der Waals surface area contributed by atoms with Crippen LogP contribution >= 0.6 is 0 Å². The van der Waals surface area contributed by atoms with Gasteiger partial charge in [-0.25, -0.2) is 4.79 Å². The van der Waals surface area contributed by atoms with Crippen LogP contribution in [-0.4, -0.2) is 22.6 Å². The number of carbonyl (C=O) groups is 1. The van der Waals surface area contributed by atoms with Gasteiger partial charge in [-0.15, -0.1) is 0 Å². The molecule has 1 atom stereocenters. The fourth-order valence-corrected chi connectivity index (χ4v) is 2.02. The van der Waals surface area contributed by atoms with Gasteiger partial charge in [0.2, 0.25) is 0 Å². The molecule has 1 aromatic rings. The van der Waals surface area contributed by atoms with Crippen LogP contribution in [0.5, 0.6) is 0 Å². The van der Waals surface area contributed by atoms with Crippen LogP contribution in [0.3, 0.4) is 0 Å². The number of allylic oxidation sites excluding steroid dienone is 2. The van der Waals surface area contributed by atoms with Crippen LogP contribution in [0.2, 0.25) is 0 Å². The van der Waals surface area contributed by atoms with Crippen molar-refractivity contribution < 1.29 is 9.90 Å². The van der Waals surface area contributed by atoms with Crippen LogP contribution in [-0.2, 0) is 0 Å². The summed E-state index contributed by atoms with van der Waals surface area (Å²) in [5.74, 6) is -0.348. The van der Waals surface area contributed by atoms with Crippen molar-refractivity contribution in [3.05, 3.63) is 36.2 Å². The zero-order valence-electron chi connectivity index (χ0n) is 9.60. The molecule has 1 aliphatic carbocycles. The van der Waals surface area contributed by atoms with E-state index in [2.05, 4.69) is 22.5 Å². The Balaban J connectivity index is 1.98. The number of nitrogens with zero attached hydrogens (tertiary/aromatic N) is 1. The van der Waals surface area contributed by atoms with Gasteiger partial charge < -0.3 is 10.4 Å². The Bertz CT molecular complexity index is 429. The second-order valence-corrected chi connectivity index (χ2v) is 4.26. The lowest BCUT2D eigenvalue weighted by atomic mass is 9.94. The average molecular weight is 232 g/mol. The SMILES string of the molecule is O=C(O)c1cnccc1NCC1CC=CCC1. The smallest absolute Gasteiger partial charge is 0.339 e. The zero-order valence-corrected chi connectivity index (χ0v) is 9.60. The van der Waals surface area contributed by atoms with Crippen molar-refractivity contribution in [2.24, 2.45) is 5.92 Å². The molecule has 4 heteroatoms. The van der Waals surface area contributed by atoms with Crippen LogP contribution in [0, 0.1) is 5.92 Å². The molecule has 0 fully saturated rings. The molecule has 1 aliphatic rings. The van der Waals surface area contributed by atoms with E-state index in [1.54, 1.807) is 12.3 Å². The van der Waals surface area contributed by atoms with Crippen LogP contribution in [0.15, 0.2) is 30.6 Å². The molecule has 0 spiro atoms. The van der Waals surface area contributed by atoms with Crippen molar-refractivity contribution in [3.63, 3.8) is 0 Å². The predicted octanol–water partition coefficient (Wildman–Crippen LogP) is 2.55. The van der Waals surface area contributed by atoms with E-state index in [4.69, 9.17) is 5.11 Å². The van der Waals surface area contributed by atoms with Crippen molar-refractivity contribution in [1.82, 2.24) is 4.98 Å². The normalized spacial score (nSPS) is 18.9. The van der Waals surface area contributed by atoms with Gasteiger partial charge in [0.25, 0.3) is 0 Å². The zero-order chi connectivity index (χ0) is 12.1. The van der Waals surface area contributed by atoms with E-state index in [1.807, 2.05) is 0 Å². The minimum atomic E-state index is -0.941. The first kappa shape index (κ1) is 11.6. The molecule has 0 amide bonds. The minimum absolute atomic E-state index is 0.235. The van der Waals surface area contributed by atoms with Gasteiger partial charge in [0.1, 0.15) is 5.56 Å². The highest BCUT2D eigenvalue weighted by Crippen LogP contribution is 2.20. The lowest BCUT2D eigenvalue weighted by molar-refractivity contribution is 0.0697. The monoisotopic (exact) mass is 232 g/mol. The van der Waals surface area contributed by atoms with Gasteiger partial charge >= 0.3 is 5.97 Å². The maximum absolute atomic E-state index is 11.0. The summed E-state index contributed by atoms with van der Waals surface area (Å²) >= 11 is 0. The van der Waals surface area contributed by atoms with E-state index in [0.29, 0.717) is 11.6 Å². The number of carboxylic acids is 1. The molecule has 2 rings (SSSR count). The van der Waals surface area contributed by atoms with Crippen LogP contribution in [0.25, 0.3) is 0 Å². The van der Waals surface area contributed by atoms with Crippen LogP contribution < -0.4 is 5.32 Å². The van der Waals surface area contributed by atoms with E-state index in [9.17, 15) is 4.79 Å². The van der Waals surface area contributed by atoms with E-state index in [0.717, 1.165) is 25.8 Å². The maximum Gasteiger partial charge on any atom is 0.339 e. The number of anilines is 1. The first-order valence-electron chi connectivity index (χ1n) is 5.83. The Morgan fingerprint density at radius 2 is 2.41 bits per heavy atom. The fourth-order valence-electron chi connectivity index (χ4n) is 2.02. The molecule has 0 bridgehead atoms. The van der Waals surface area contributed by atoms with Gasteiger partial charge in [0.15, 0.2) is 0 Å².